The first-order chi connectivity index (χ1) is 6.53. The van der Waals surface area contributed by atoms with Crippen molar-refractivity contribution in [3.8, 4) is 0 Å². The Kier molecular flexibility index (Phi) is 3.84. The fourth-order valence-corrected chi connectivity index (χ4v) is 1.81. The molecule has 0 radical (unpaired) electrons. The van der Waals surface area contributed by atoms with E-state index in [0.29, 0.717) is 25.7 Å². The van der Waals surface area contributed by atoms with Gasteiger partial charge in [0.15, 0.2) is 0 Å². The highest BCUT2D eigenvalue weighted by atomic mass is 19.3. The topological polar surface area (TPSA) is 26.3 Å². The lowest BCUT2D eigenvalue weighted by molar-refractivity contribution is -0.141. The minimum absolute atomic E-state index is 0.0289. The van der Waals surface area contributed by atoms with Gasteiger partial charge in [0, 0.05) is 19.3 Å². The van der Waals surface area contributed by atoms with Crippen molar-refractivity contribution in [3.63, 3.8) is 0 Å². The Labute approximate surface area is 82.6 Å². The lowest BCUT2D eigenvalue weighted by Crippen LogP contribution is -2.24. The summed E-state index contributed by atoms with van der Waals surface area (Å²) in [6.07, 6.45) is 2.04. The van der Waals surface area contributed by atoms with Gasteiger partial charge in [0.2, 0.25) is 5.92 Å². The molecule has 0 unspecified atom stereocenters. The van der Waals surface area contributed by atoms with Gasteiger partial charge < -0.3 is 4.74 Å². The van der Waals surface area contributed by atoms with Gasteiger partial charge in [0.05, 0.1) is 7.11 Å². The zero-order chi connectivity index (χ0) is 10.6. The molecule has 0 aliphatic heterocycles. The first-order valence-corrected chi connectivity index (χ1v) is 4.98. The van der Waals surface area contributed by atoms with Crippen LogP contribution in [0.4, 0.5) is 8.78 Å². The molecule has 1 saturated carbocycles. The molecule has 0 saturated heterocycles. The van der Waals surface area contributed by atoms with Crippen LogP contribution in [0, 0.1) is 5.92 Å². The highest BCUT2D eigenvalue weighted by Crippen LogP contribution is 2.37. The molecular formula is C10H16F2O2. The van der Waals surface area contributed by atoms with Gasteiger partial charge in [-0.25, -0.2) is 8.78 Å². The molecule has 0 heterocycles. The number of hydrogen-bond acceptors (Lipinski definition) is 2. The van der Waals surface area contributed by atoms with E-state index in [4.69, 9.17) is 0 Å². The Balaban J connectivity index is 2.19. The summed E-state index contributed by atoms with van der Waals surface area (Å²) in [7, 11) is 1.34. The van der Waals surface area contributed by atoms with Crippen molar-refractivity contribution in [2.75, 3.05) is 7.11 Å². The fourth-order valence-electron chi connectivity index (χ4n) is 1.81. The maximum absolute atomic E-state index is 12.8. The number of halogens is 2. The smallest absolute Gasteiger partial charge is 0.305 e. The quantitative estimate of drug-likeness (QED) is 0.664. The van der Waals surface area contributed by atoms with Gasteiger partial charge in [0.25, 0.3) is 0 Å². The molecule has 0 bridgehead atoms. The number of methoxy groups -OCH3 is 1. The van der Waals surface area contributed by atoms with Crippen LogP contribution in [0.1, 0.15) is 38.5 Å². The third kappa shape index (κ3) is 3.60. The van der Waals surface area contributed by atoms with Gasteiger partial charge in [-0.05, 0) is 25.2 Å². The van der Waals surface area contributed by atoms with Crippen LogP contribution in [0.5, 0.6) is 0 Å². The summed E-state index contributed by atoms with van der Waals surface area (Å²) in [6, 6.07) is 0. The molecular weight excluding hydrogens is 190 g/mol. The van der Waals surface area contributed by atoms with Crippen LogP contribution in [0.25, 0.3) is 0 Å². The van der Waals surface area contributed by atoms with Crippen LogP contribution in [0.3, 0.4) is 0 Å². The Morgan fingerprint density at radius 1 is 1.43 bits per heavy atom. The third-order valence-corrected chi connectivity index (χ3v) is 2.82. The molecule has 0 aromatic carbocycles. The Morgan fingerprint density at radius 3 is 2.50 bits per heavy atom. The average Bonchev–Trinajstić information content (AvgIpc) is 2.16. The van der Waals surface area contributed by atoms with E-state index in [-0.39, 0.29) is 24.7 Å². The lowest BCUT2D eigenvalue weighted by atomic mass is 9.84. The van der Waals surface area contributed by atoms with Gasteiger partial charge in [-0.3, -0.25) is 4.79 Å². The number of esters is 1. The summed E-state index contributed by atoms with van der Waals surface area (Å²) in [6.45, 7) is 0. The second-order valence-electron chi connectivity index (χ2n) is 3.91. The SMILES string of the molecule is COC(=O)CCC1CCC(F)(F)CC1. The van der Waals surface area contributed by atoms with E-state index in [1.54, 1.807) is 0 Å². The molecule has 14 heavy (non-hydrogen) atoms. The predicted molar refractivity (Wildman–Crippen MR) is 48.2 cm³/mol. The second-order valence-corrected chi connectivity index (χ2v) is 3.91. The van der Waals surface area contributed by atoms with Crippen LogP contribution in [-0.4, -0.2) is 19.0 Å². The maximum Gasteiger partial charge on any atom is 0.305 e. The van der Waals surface area contributed by atoms with Gasteiger partial charge >= 0.3 is 5.97 Å². The summed E-state index contributed by atoms with van der Waals surface area (Å²) >= 11 is 0. The van der Waals surface area contributed by atoms with E-state index < -0.39 is 5.92 Å². The van der Waals surface area contributed by atoms with Crippen LogP contribution in [0.2, 0.25) is 0 Å². The summed E-state index contributed by atoms with van der Waals surface area (Å²) in [5, 5.41) is 0. The fraction of sp³-hybridized carbons (Fsp3) is 0.900. The van der Waals surface area contributed by atoms with Gasteiger partial charge in [-0.1, -0.05) is 0 Å². The maximum atomic E-state index is 12.8. The summed E-state index contributed by atoms with van der Waals surface area (Å²) in [4.78, 5) is 10.8. The molecule has 1 aliphatic rings. The van der Waals surface area contributed by atoms with E-state index in [2.05, 4.69) is 4.74 Å². The van der Waals surface area contributed by atoms with Gasteiger partial charge in [-0.15, -0.1) is 0 Å². The summed E-state index contributed by atoms with van der Waals surface area (Å²) in [5.74, 6) is -2.45. The Hall–Kier alpha value is -0.670. The highest BCUT2D eigenvalue weighted by Gasteiger charge is 2.34. The minimum atomic E-state index is -2.47. The lowest BCUT2D eigenvalue weighted by Gasteiger charge is -2.27. The molecule has 1 aliphatic carbocycles. The number of carbonyl (C=O) groups is 1. The number of alkyl halides is 2. The van der Waals surface area contributed by atoms with Crippen molar-refractivity contribution < 1.29 is 18.3 Å². The minimum Gasteiger partial charge on any atom is -0.469 e. The van der Waals surface area contributed by atoms with Gasteiger partial charge in [-0.2, -0.15) is 0 Å². The highest BCUT2D eigenvalue weighted by molar-refractivity contribution is 5.69. The predicted octanol–water partition coefficient (Wildman–Crippen LogP) is 2.77. The average molecular weight is 206 g/mol. The van der Waals surface area contributed by atoms with Crippen molar-refractivity contribution in [2.45, 2.75) is 44.4 Å². The van der Waals surface area contributed by atoms with Crippen LogP contribution >= 0.6 is 0 Å². The normalized spacial score (nSPS) is 21.9. The first kappa shape index (κ1) is 11.4. The van der Waals surface area contributed by atoms with Crippen LogP contribution in [-0.2, 0) is 9.53 Å². The molecule has 0 aromatic rings. The van der Waals surface area contributed by atoms with Crippen LogP contribution < -0.4 is 0 Å². The van der Waals surface area contributed by atoms with E-state index in [1.807, 2.05) is 0 Å². The third-order valence-electron chi connectivity index (χ3n) is 2.82. The van der Waals surface area contributed by atoms with Crippen molar-refractivity contribution in [3.05, 3.63) is 0 Å². The zero-order valence-electron chi connectivity index (χ0n) is 8.39. The number of rotatable bonds is 3. The van der Waals surface area contributed by atoms with E-state index in [9.17, 15) is 13.6 Å². The molecule has 1 rings (SSSR count). The number of ether oxygens (including phenoxy) is 1. The second kappa shape index (κ2) is 4.71. The number of carbonyl (C=O) groups excluding carboxylic acids is 1. The van der Waals surface area contributed by atoms with Crippen molar-refractivity contribution >= 4 is 5.97 Å². The van der Waals surface area contributed by atoms with Crippen LogP contribution in [0.15, 0.2) is 0 Å². The largest absolute Gasteiger partial charge is 0.469 e. The van der Waals surface area contributed by atoms with Crippen molar-refractivity contribution in [1.29, 1.82) is 0 Å². The molecule has 82 valence electrons. The Morgan fingerprint density at radius 2 is 2.00 bits per heavy atom. The zero-order valence-corrected chi connectivity index (χ0v) is 8.39. The van der Waals surface area contributed by atoms with Gasteiger partial charge in [0.1, 0.15) is 0 Å². The molecule has 2 nitrogen and oxygen atoms in total. The standard InChI is InChI=1S/C10H16F2O2/c1-14-9(13)3-2-8-4-6-10(11,12)7-5-8/h8H,2-7H2,1H3. The monoisotopic (exact) mass is 206 g/mol. The van der Waals surface area contributed by atoms with Crippen molar-refractivity contribution in [2.24, 2.45) is 5.92 Å². The molecule has 0 amide bonds. The molecule has 1 fully saturated rings. The van der Waals surface area contributed by atoms with E-state index >= 15 is 0 Å². The summed E-state index contributed by atoms with van der Waals surface area (Å²) < 4.78 is 30.0. The first-order valence-electron chi connectivity index (χ1n) is 4.98. The van der Waals surface area contributed by atoms with E-state index in [0.717, 1.165) is 0 Å². The molecule has 0 aromatic heterocycles. The molecule has 4 heteroatoms. The number of hydrogen-bond donors (Lipinski definition) is 0. The molecule has 0 spiro atoms. The molecule has 0 atom stereocenters. The Bertz CT molecular complexity index is 194. The summed E-state index contributed by atoms with van der Waals surface area (Å²) in [5.41, 5.74) is 0. The molecule has 0 N–H and O–H groups in total. The van der Waals surface area contributed by atoms with Crippen molar-refractivity contribution in [1.82, 2.24) is 0 Å². The van der Waals surface area contributed by atoms with E-state index in [1.165, 1.54) is 7.11 Å².